The zero-order valence-corrected chi connectivity index (χ0v) is 19.3. The van der Waals surface area contributed by atoms with Gasteiger partial charge in [-0.3, -0.25) is 14.8 Å². The quantitative estimate of drug-likeness (QED) is 0.403. The Hall–Kier alpha value is -3.32. The molecule has 0 bridgehead atoms. The first-order valence-corrected chi connectivity index (χ1v) is 11.5. The number of amidine groups is 1. The number of carbonyl (C=O) groups is 1. The number of H-pyrrole nitrogens is 1. The number of methoxy groups -OCH3 is 1. The molecule has 32 heavy (non-hydrogen) atoms. The Bertz CT molecular complexity index is 1130. The Kier molecular flexibility index (Phi) is 6.75. The molecule has 1 N–H and O–H groups in total. The number of aromatic nitrogens is 2. The van der Waals surface area contributed by atoms with E-state index in [-0.39, 0.29) is 5.91 Å². The Morgan fingerprint density at radius 3 is 2.53 bits per heavy atom. The lowest BCUT2D eigenvalue weighted by Crippen LogP contribution is -2.30. The zero-order valence-electron chi connectivity index (χ0n) is 18.5. The Balaban J connectivity index is 1.58. The number of amides is 1. The number of aliphatic imine (C=N–C) groups is 1. The number of anilines is 1. The fraction of sp³-hybridized carbons (Fsp3) is 0.240. The number of rotatable bonds is 7. The normalized spacial score (nSPS) is 14.8. The van der Waals surface area contributed by atoms with Crippen molar-refractivity contribution in [2.75, 3.05) is 17.8 Å². The monoisotopic (exact) mass is 446 g/mol. The molecule has 1 aliphatic heterocycles. The SMILES string of the molecule is COc1ccc(/C=C2\N=C(SCCCc3cn[nH]c3)N(c3cc(C)cc(C)c3)C2=O)cc1. The van der Waals surface area contributed by atoms with E-state index in [4.69, 9.17) is 9.73 Å². The van der Waals surface area contributed by atoms with Crippen LogP contribution in [-0.2, 0) is 11.2 Å². The second kappa shape index (κ2) is 9.87. The maximum atomic E-state index is 13.4. The maximum Gasteiger partial charge on any atom is 0.283 e. The Labute approximate surface area is 192 Å². The van der Waals surface area contributed by atoms with Gasteiger partial charge in [0, 0.05) is 11.9 Å². The van der Waals surface area contributed by atoms with Crippen LogP contribution in [0.3, 0.4) is 0 Å². The first kappa shape index (κ1) is 21.9. The van der Waals surface area contributed by atoms with Crippen LogP contribution in [-0.4, -0.2) is 34.1 Å². The highest BCUT2D eigenvalue weighted by atomic mass is 32.2. The summed E-state index contributed by atoms with van der Waals surface area (Å²) in [4.78, 5) is 19.8. The van der Waals surface area contributed by atoms with Gasteiger partial charge in [-0.1, -0.05) is 30.0 Å². The molecule has 1 aliphatic rings. The lowest BCUT2D eigenvalue weighted by molar-refractivity contribution is -0.113. The summed E-state index contributed by atoms with van der Waals surface area (Å²) in [5, 5.41) is 7.55. The molecule has 0 unspecified atom stereocenters. The van der Waals surface area contributed by atoms with Gasteiger partial charge in [-0.25, -0.2) is 4.99 Å². The van der Waals surface area contributed by atoms with Crippen LogP contribution in [0, 0.1) is 13.8 Å². The molecule has 1 aromatic heterocycles. The summed E-state index contributed by atoms with van der Waals surface area (Å²) in [6.07, 6.45) is 7.49. The second-order valence-corrected chi connectivity index (χ2v) is 8.80. The van der Waals surface area contributed by atoms with Gasteiger partial charge in [0.15, 0.2) is 5.17 Å². The predicted octanol–water partition coefficient (Wildman–Crippen LogP) is 5.14. The molecule has 0 atom stereocenters. The van der Waals surface area contributed by atoms with Crippen molar-refractivity contribution < 1.29 is 9.53 Å². The third-order valence-corrected chi connectivity index (χ3v) is 6.13. The van der Waals surface area contributed by atoms with Crippen LogP contribution < -0.4 is 9.64 Å². The van der Waals surface area contributed by atoms with E-state index < -0.39 is 0 Å². The molecule has 0 saturated carbocycles. The minimum Gasteiger partial charge on any atom is -0.497 e. The van der Waals surface area contributed by atoms with Crippen LogP contribution >= 0.6 is 11.8 Å². The number of ether oxygens (including phenoxy) is 1. The van der Waals surface area contributed by atoms with Gasteiger partial charge in [0.05, 0.1) is 19.0 Å². The van der Waals surface area contributed by atoms with Crippen molar-refractivity contribution in [1.82, 2.24) is 10.2 Å². The van der Waals surface area contributed by atoms with Crippen molar-refractivity contribution in [3.63, 3.8) is 0 Å². The smallest absolute Gasteiger partial charge is 0.283 e. The number of hydrogen-bond acceptors (Lipinski definition) is 5. The van der Waals surface area contributed by atoms with E-state index in [9.17, 15) is 4.79 Å². The minimum absolute atomic E-state index is 0.108. The molecule has 0 spiro atoms. The van der Waals surface area contributed by atoms with E-state index in [2.05, 4.69) is 16.3 Å². The number of nitrogens with zero attached hydrogens (tertiary/aromatic N) is 3. The number of aromatic amines is 1. The summed E-state index contributed by atoms with van der Waals surface area (Å²) in [6, 6.07) is 13.8. The molecule has 2 heterocycles. The molecule has 0 fully saturated rings. The number of hydrogen-bond donors (Lipinski definition) is 1. The average Bonchev–Trinajstić information content (AvgIpc) is 3.39. The molecule has 3 aromatic rings. The molecular weight excluding hydrogens is 420 g/mol. The minimum atomic E-state index is -0.108. The molecule has 1 amide bonds. The molecule has 2 aromatic carbocycles. The Morgan fingerprint density at radius 1 is 1.12 bits per heavy atom. The number of nitrogens with one attached hydrogen (secondary N) is 1. The van der Waals surface area contributed by atoms with E-state index >= 15 is 0 Å². The summed E-state index contributed by atoms with van der Waals surface area (Å²) in [7, 11) is 1.63. The second-order valence-electron chi connectivity index (χ2n) is 7.74. The summed E-state index contributed by atoms with van der Waals surface area (Å²) < 4.78 is 5.22. The number of aryl methyl sites for hydroxylation is 3. The van der Waals surface area contributed by atoms with E-state index in [1.54, 1.807) is 23.8 Å². The predicted molar refractivity (Wildman–Crippen MR) is 131 cm³/mol. The molecule has 0 aliphatic carbocycles. The summed E-state index contributed by atoms with van der Waals surface area (Å²) in [5.74, 6) is 1.52. The van der Waals surface area contributed by atoms with Crippen molar-refractivity contribution in [3.8, 4) is 5.75 Å². The molecule has 6 nitrogen and oxygen atoms in total. The highest BCUT2D eigenvalue weighted by Crippen LogP contribution is 2.31. The van der Waals surface area contributed by atoms with Crippen LogP contribution in [0.1, 0.15) is 28.7 Å². The highest BCUT2D eigenvalue weighted by molar-refractivity contribution is 8.14. The van der Waals surface area contributed by atoms with E-state index in [0.29, 0.717) is 10.9 Å². The largest absolute Gasteiger partial charge is 0.497 e. The molecule has 0 saturated heterocycles. The van der Waals surface area contributed by atoms with Gasteiger partial charge < -0.3 is 4.74 Å². The summed E-state index contributed by atoms with van der Waals surface area (Å²) in [5.41, 5.74) is 5.61. The topological polar surface area (TPSA) is 70.6 Å². The third-order valence-electron chi connectivity index (χ3n) is 5.11. The van der Waals surface area contributed by atoms with Gasteiger partial charge >= 0.3 is 0 Å². The number of carbonyl (C=O) groups excluding carboxylic acids is 1. The van der Waals surface area contributed by atoms with Gasteiger partial charge in [0.25, 0.3) is 5.91 Å². The average molecular weight is 447 g/mol. The fourth-order valence-electron chi connectivity index (χ4n) is 3.61. The third kappa shape index (κ3) is 5.11. The highest BCUT2D eigenvalue weighted by Gasteiger charge is 2.32. The molecular formula is C25H26N4O2S. The van der Waals surface area contributed by atoms with Crippen LogP contribution in [0.5, 0.6) is 5.75 Å². The lowest BCUT2D eigenvalue weighted by Gasteiger charge is -2.19. The first-order chi connectivity index (χ1) is 15.5. The molecule has 7 heteroatoms. The van der Waals surface area contributed by atoms with Gasteiger partial charge in [-0.2, -0.15) is 5.10 Å². The molecule has 4 rings (SSSR count). The van der Waals surface area contributed by atoms with Crippen LogP contribution in [0.15, 0.2) is 65.5 Å². The summed E-state index contributed by atoms with van der Waals surface area (Å²) >= 11 is 1.61. The first-order valence-electron chi connectivity index (χ1n) is 10.5. The van der Waals surface area contributed by atoms with Crippen molar-refractivity contribution in [3.05, 3.63) is 82.8 Å². The van der Waals surface area contributed by atoms with Crippen molar-refractivity contribution >= 4 is 34.6 Å². The van der Waals surface area contributed by atoms with E-state index in [1.807, 2.05) is 68.7 Å². The van der Waals surface area contributed by atoms with Crippen molar-refractivity contribution in [2.24, 2.45) is 4.99 Å². The Morgan fingerprint density at radius 2 is 1.88 bits per heavy atom. The van der Waals surface area contributed by atoms with Gasteiger partial charge in [0.2, 0.25) is 0 Å². The molecule has 0 radical (unpaired) electrons. The lowest BCUT2D eigenvalue weighted by atomic mass is 10.1. The van der Waals surface area contributed by atoms with Gasteiger partial charge in [-0.05, 0) is 79.3 Å². The van der Waals surface area contributed by atoms with Crippen molar-refractivity contribution in [2.45, 2.75) is 26.7 Å². The number of thioether (sulfide) groups is 1. The van der Waals surface area contributed by atoms with Crippen LogP contribution in [0.4, 0.5) is 5.69 Å². The summed E-state index contributed by atoms with van der Waals surface area (Å²) in [6.45, 7) is 4.08. The van der Waals surface area contributed by atoms with E-state index in [0.717, 1.165) is 46.7 Å². The maximum absolute atomic E-state index is 13.4. The standard InChI is InChI=1S/C25H26N4O2S/c1-17-11-18(2)13-21(12-17)29-24(30)23(14-19-6-8-22(31-3)9-7-19)28-25(29)32-10-4-5-20-15-26-27-16-20/h6-9,11-16H,4-5,10H2,1-3H3,(H,26,27)/b23-14-. The van der Waals surface area contributed by atoms with Crippen LogP contribution in [0.25, 0.3) is 6.08 Å². The van der Waals surface area contributed by atoms with Gasteiger partial charge in [0.1, 0.15) is 11.4 Å². The zero-order chi connectivity index (χ0) is 22.5. The number of benzene rings is 2. The van der Waals surface area contributed by atoms with Crippen LogP contribution in [0.2, 0.25) is 0 Å². The van der Waals surface area contributed by atoms with Gasteiger partial charge in [-0.15, -0.1) is 0 Å². The van der Waals surface area contributed by atoms with Crippen molar-refractivity contribution in [1.29, 1.82) is 0 Å². The molecule has 164 valence electrons. The van der Waals surface area contributed by atoms with E-state index in [1.165, 1.54) is 5.56 Å². The fourth-order valence-corrected chi connectivity index (χ4v) is 4.56.